The Kier molecular flexibility index (Phi) is 11.2. The van der Waals surface area contributed by atoms with Crippen molar-refractivity contribution in [3.8, 4) is 17.2 Å². The lowest BCUT2D eigenvalue weighted by molar-refractivity contribution is 0.0151. The number of benzene rings is 2. The van der Waals surface area contributed by atoms with Gasteiger partial charge in [-0.1, -0.05) is 49.7 Å². The minimum Gasteiger partial charge on any atom is -0.489 e. The molecule has 2 aromatic heterocycles. The molecule has 0 aliphatic carbocycles. The molecule has 49 heavy (non-hydrogen) atoms. The maximum atomic E-state index is 12.3. The summed E-state index contributed by atoms with van der Waals surface area (Å²) in [6.45, 7) is 16.5. The topological polar surface area (TPSA) is 103 Å². The smallest absolute Gasteiger partial charge is 0.336 e. The summed E-state index contributed by atoms with van der Waals surface area (Å²) < 4.78 is 29.2. The van der Waals surface area contributed by atoms with Crippen LogP contribution < -0.4 is 25.2 Å². The first-order valence-electron chi connectivity index (χ1n) is 16.8. The Morgan fingerprint density at radius 2 is 1.94 bits per heavy atom. The summed E-state index contributed by atoms with van der Waals surface area (Å²) >= 11 is 11.5. The van der Waals surface area contributed by atoms with Crippen LogP contribution in [0.25, 0.3) is 11.0 Å². The second-order valence-corrected chi connectivity index (χ2v) is 14.5. The first-order valence-corrected chi connectivity index (χ1v) is 17.6. The number of halogens is 1. The average Bonchev–Trinajstić information content (AvgIpc) is 3.46. The molecule has 4 aromatic rings. The second-order valence-electron chi connectivity index (χ2n) is 13.7. The Hall–Kier alpha value is -3.79. The molecule has 6 rings (SSSR count). The predicted octanol–water partition coefficient (Wildman–Crippen LogP) is 9.67. The number of allylic oxidation sites excluding steroid dienone is 1. The van der Waals surface area contributed by atoms with Crippen LogP contribution in [-0.2, 0) is 12.8 Å². The molecule has 10 heteroatoms. The van der Waals surface area contributed by atoms with Crippen LogP contribution in [0.15, 0.2) is 61.9 Å². The molecular weight excluding hydrogens is 662 g/mol. The van der Waals surface area contributed by atoms with Gasteiger partial charge in [-0.05, 0) is 90.6 Å². The zero-order valence-corrected chi connectivity index (χ0v) is 31.1. The fraction of sp³-hybridized carbons (Fsp3) is 0.436. The van der Waals surface area contributed by atoms with Crippen LogP contribution in [-0.4, -0.2) is 28.4 Å². The van der Waals surface area contributed by atoms with Gasteiger partial charge in [0.05, 0.1) is 33.9 Å². The Morgan fingerprint density at radius 1 is 1.18 bits per heavy atom. The molecule has 4 heterocycles. The number of hydrogen-bond donors (Lipinski definition) is 2. The number of ether oxygens (including phenoxy) is 3. The van der Waals surface area contributed by atoms with Crippen molar-refractivity contribution in [2.45, 2.75) is 98.9 Å². The lowest BCUT2D eigenvalue weighted by Crippen LogP contribution is -2.36. The van der Waals surface area contributed by atoms with E-state index in [0.717, 1.165) is 65.0 Å². The minimum atomic E-state index is -0.744. The number of nitrogens with one attached hydrogen (secondary N) is 1. The maximum absolute atomic E-state index is 12.3. The van der Waals surface area contributed by atoms with Crippen molar-refractivity contribution in [1.29, 1.82) is 0 Å². The number of fused-ring (bicyclic) bond motifs is 6. The molecule has 0 unspecified atom stereocenters. The summed E-state index contributed by atoms with van der Waals surface area (Å²) in [6.07, 6.45) is 6.06. The summed E-state index contributed by atoms with van der Waals surface area (Å²) in [7, 11) is 0. The molecule has 262 valence electrons. The van der Waals surface area contributed by atoms with Crippen molar-refractivity contribution < 1.29 is 28.2 Å². The molecule has 0 bridgehead atoms. The molecule has 3 atom stereocenters. The summed E-state index contributed by atoms with van der Waals surface area (Å²) in [5, 5.41) is 15.6. The van der Waals surface area contributed by atoms with E-state index < -0.39 is 11.7 Å². The highest BCUT2D eigenvalue weighted by molar-refractivity contribution is 7.81. The second kappa shape index (κ2) is 15.0. The number of aryl methyl sites for hydroxylation is 2. The minimum absolute atomic E-state index is 0.0974. The molecule has 0 saturated heterocycles. The highest BCUT2D eigenvalue weighted by atomic mass is 35.5. The Balaban J connectivity index is 0.000000196. The number of aliphatic hydroxyl groups is 1. The lowest BCUT2D eigenvalue weighted by Gasteiger charge is -2.39. The molecule has 2 aromatic carbocycles. The molecule has 8 nitrogen and oxygen atoms in total. The molecule has 0 spiro atoms. The van der Waals surface area contributed by atoms with Gasteiger partial charge in [0.25, 0.3) is 0 Å². The van der Waals surface area contributed by atoms with Gasteiger partial charge in [0.1, 0.15) is 46.3 Å². The molecule has 0 fully saturated rings. The monoisotopic (exact) mass is 707 g/mol. The highest BCUT2D eigenvalue weighted by Gasteiger charge is 2.41. The third kappa shape index (κ3) is 8.00. The van der Waals surface area contributed by atoms with E-state index in [4.69, 9.17) is 46.9 Å². The Morgan fingerprint density at radius 3 is 2.61 bits per heavy atom. The number of rotatable bonds is 7. The van der Waals surface area contributed by atoms with E-state index in [9.17, 15) is 9.90 Å². The zero-order chi connectivity index (χ0) is 35.6. The third-order valence-electron chi connectivity index (χ3n) is 9.04. The lowest BCUT2D eigenvalue weighted by atomic mass is 9.83. The molecule has 2 aliphatic heterocycles. The van der Waals surface area contributed by atoms with Crippen molar-refractivity contribution in [2.24, 2.45) is 5.92 Å². The van der Waals surface area contributed by atoms with Gasteiger partial charge in [-0.15, -0.1) is 0 Å². The van der Waals surface area contributed by atoms with E-state index >= 15 is 0 Å². The summed E-state index contributed by atoms with van der Waals surface area (Å²) in [5.74, 6) is 2.70. The molecule has 0 saturated carbocycles. The quantitative estimate of drug-likeness (QED) is 0.110. The van der Waals surface area contributed by atoms with Gasteiger partial charge in [0, 0.05) is 29.3 Å². The summed E-state index contributed by atoms with van der Waals surface area (Å²) in [5.41, 5.74) is 5.11. The third-order valence-corrected chi connectivity index (χ3v) is 9.68. The summed E-state index contributed by atoms with van der Waals surface area (Å²) in [4.78, 5) is 12.9. The maximum Gasteiger partial charge on any atom is 0.336 e. The van der Waals surface area contributed by atoms with Gasteiger partial charge < -0.3 is 33.5 Å². The van der Waals surface area contributed by atoms with Crippen molar-refractivity contribution in [2.75, 3.05) is 11.9 Å². The fourth-order valence-corrected chi connectivity index (χ4v) is 6.59. The van der Waals surface area contributed by atoms with Gasteiger partial charge in [0.15, 0.2) is 5.58 Å². The van der Waals surface area contributed by atoms with Crippen LogP contribution in [0.4, 0.5) is 5.69 Å². The van der Waals surface area contributed by atoms with Gasteiger partial charge in [-0.3, -0.25) is 0 Å². The van der Waals surface area contributed by atoms with E-state index in [2.05, 4.69) is 26.1 Å². The predicted molar refractivity (Wildman–Crippen MR) is 199 cm³/mol. The van der Waals surface area contributed by atoms with Crippen LogP contribution in [0, 0.1) is 12.8 Å². The number of anilines is 1. The van der Waals surface area contributed by atoms with Crippen molar-refractivity contribution >= 4 is 45.5 Å². The van der Waals surface area contributed by atoms with Crippen LogP contribution in [0.3, 0.4) is 0 Å². The summed E-state index contributed by atoms with van der Waals surface area (Å²) in [6, 6.07) is 8.88. The van der Waals surface area contributed by atoms with Crippen LogP contribution in [0.5, 0.6) is 17.2 Å². The van der Waals surface area contributed by atoms with Crippen molar-refractivity contribution in [3.05, 3.63) is 91.7 Å². The van der Waals surface area contributed by atoms with Gasteiger partial charge in [-0.2, -0.15) is 0 Å². The molecule has 2 N–H and O–H groups in total. The van der Waals surface area contributed by atoms with Crippen LogP contribution >= 0.6 is 23.8 Å². The molecule has 0 amide bonds. The van der Waals surface area contributed by atoms with Gasteiger partial charge in [-0.25, -0.2) is 4.79 Å². The van der Waals surface area contributed by atoms with Gasteiger partial charge >= 0.3 is 5.63 Å². The van der Waals surface area contributed by atoms with Crippen molar-refractivity contribution in [3.63, 3.8) is 0 Å². The highest BCUT2D eigenvalue weighted by Crippen LogP contribution is 2.52. The van der Waals surface area contributed by atoms with Crippen molar-refractivity contribution in [1.82, 2.24) is 0 Å². The average molecular weight is 708 g/mol. The van der Waals surface area contributed by atoms with E-state index in [1.54, 1.807) is 18.4 Å². The zero-order valence-electron chi connectivity index (χ0n) is 29.5. The fourth-order valence-electron chi connectivity index (χ4n) is 6.08. The van der Waals surface area contributed by atoms with E-state index in [1.165, 1.54) is 5.57 Å². The number of furan rings is 1. The Bertz CT molecular complexity index is 1940. The first kappa shape index (κ1) is 36.5. The molecular formula is C39H46ClNO7S. The number of hydrogen-bond acceptors (Lipinski definition) is 8. The Labute approximate surface area is 298 Å². The van der Waals surface area contributed by atoms with Gasteiger partial charge in [0.2, 0.25) is 0 Å². The molecule has 0 radical (unpaired) electrons. The van der Waals surface area contributed by atoms with E-state index in [-0.39, 0.29) is 17.6 Å². The number of thiocarbonyl (C=S) groups is 1. The molecule has 2 aliphatic rings. The largest absolute Gasteiger partial charge is 0.489 e. The standard InChI is InChI=1S/C22H28O5.C17H18ClNO2S/c1-6-7-13-10-15(23)26-21-16(13)20-14(8-9-22(4,5)27-20)19-17(21)18(24)11(2)12(3)25-19;1-11(2)6-8-21-16-10-13(4-5-15(16)18)19-17(22)14-7-9-20-12(14)3/h10-12,18,24H,6-9H2,1-5H3;4-7,9-10H,8H2,1-3H3,(H,19,22)/t11-,12-,18-;/m0./s1. The number of aliphatic hydroxyl groups excluding tert-OH is 1. The SMILES string of the molecule is CC(C)=CCOc1cc(NC(=S)c2ccoc2C)ccc1Cl.CCCc1cc(=O)oc2c3c(c4c(c12)OC(C)(C)CC4)O[C@@H](C)[C@H](C)[C@@H]3O. The normalized spacial score (nSPS) is 18.9. The van der Waals surface area contributed by atoms with Crippen LogP contribution in [0.1, 0.15) is 95.4 Å². The first-order chi connectivity index (χ1) is 23.2. The van der Waals surface area contributed by atoms with Crippen LogP contribution in [0.2, 0.25) is 5.02 Å². The van der Waals surface area contributed by atoms with E-state index in [1.807, 2.05) is 58.9 Å². The van der Waals surface area contributed by atoms with E-state index in [0.29, 0.717) is 39.3 Å².